The first-order valence-electron chi connectivity index (χ1n) is 21.0. The van der Waals surface area contributed by atoms with Gasteiger partial charge in [0.2, 0.25) is 27.7 Å². The van der Waals surface area contributed by atoms with Gasteiger partial charge in [0.1, 0.15) is 34.4 Å². The molecular weight excluding hydrogens is 843 g/mol. The van der Waals surface area contributed by atoms with Crippen LogP contribution >= 0.6 is 11.3 Å². The molecule has 0 unspecified atom stereocenters. The second kappa shape index (κ2) is 18.2. The SMILES string of the molecule is COc1ccc2c(O[C@@H]3C[C@H]4C(=O)[N-][C@]5(C(=O)NS(=O)(=O)C6(C)CC6)C[C@H]5/C=C\CCCCC[C@H](Nc5cccc(F)c5)C(=O)N4C3)nc(-c3nc(C(C)C)cs3)cc2c1C.[Na+]. The first kappa shape index (κ1) is 45.9. The van der Waals surface area contributed by atoms with E-state index in [-0.39, 0.29) is 54.9 Å². The average Bonchev–Trinajstić information content (AvgIpc) is 3.99. The molecule has 4 heterocycles. The molecule has 2 aliphatic carbocycles. The minimum Gasteiger partial charge on any atom is -0.638 e. The van der Waals surface area contributed by atoms with Crippen molar-refractivity contribution < 1.29 is 66.2 Å². The van der Waals surface area contributed by atoms with Crippen LogP contribution in [0.1, 0.15) is 95.7 Å². The smallest absolute Gasteiger partial charge is 0.638 e. The Kier molecular flexibility index (Phi) is 13.5. The number of allylic oxidation sites excluding steroid dienone is 1. The molecule has 3 fully saturated rings. The minimum atomic E-state index is -4.03. The molecule has 4 aromatic rings. The summed E-state index contributed by atoms with van der Waals surface area (Å²) in [5.74, 6) is -1.74. The molecule has 13 nitrogen and oxygen atoms in total. The predicted molar refractivity (Wildman–Crippen MR) is 233 cm³/mol. The molecule has 0 radical (unpaired) electrons. The number of methoxy groups -OCH3 is 1. The van der Waals surface area contributed by atoms with Gasteiger partial charge in [-0.05, 0) is 117 Å². The second-order valence-corrected chi connectivity index (χ2v) is 20.4. The first-order valence-corrected chi connectivity index (χ1v) is 23.4. The molecule has 4 aliphatic rings. The Morgan fingerprint density at radius 1 is 1.08 bits per heavy atom. The van der Waals surface area contributed by atoms with Crippen LogP contribution in [-0.2, 0) is 24.4 Å². The number of carbonyl (C=O) groups is 3. The molecule has 8 rings (SSSR count). The summed E-state index contributed by atoms with van der Waals surface area (Å²) in [6, 6.07) is 9.57. The van der Waals surface area contributed by atoms with E-state index >= 15 is 0 Å². The summed E-state index contributed by atoms with van der Waals surface area (Å²) in [7, 11) is -2.42. The molecule has 5 atom stereocenters. The maximum atomic E-state index is 14.8. The van der Waals surface area contributed by atoms with Gasteiger partial charge in [-0.15, -0.1) is 11.3 Å². The number of hydrogen-bond donors (Lipinski definition) is 2. The van der Waals surface area contributed by atoms with Crippen molar-refractivity contribution in [2.45, 2.75) is 120 Å². The molecule has 2 aromatic heterocycles. The van der Waals surface area contributed by atoms with Crippen molar-refractivity contribution in [3.8, 4) is 22.3 Å². The number of halogens is 1. The van der Waals surface area contributed by atoms with Gasteiger partial charge in [-0.2, -0.15) is 0 Å². The summed E-state index contributed by atoms with van der Waals surface area (Å²) in [6.45, 7) is 7.68. The summed E-state index contributed by atoms with van der Waals surface area (Å²) >= 11 is 1.48. The van der Waals surface area contributed by atoms with E-state index < -0.39 is 68.0 Å². The van der Waals surface area contributed by atoms with Gasteiger partial charge in [-0.3, -0.25) is 14.3 Å². The number of pyridine rings is 1. The Hall–Kier alpha value is -4.09. The Morgan fingerprint density at radius 2 is 1.87 bits per heavy atom. The summed E-state index contributed by atoms with van der Waals surface area (Å²) in [5, 5.41) is 12.0. The molecule has 3 amide bonds. The van der Waals surface area contributed by atoms with Crippen molar-refractivity contribution in [3.05, 3.63) is 82.4 Å². The van der Waals surface area contributed by atoms with E-state index in [9.17, 15) is 27.2 Å². The molecule has 2 aromatic carbocycles. The normalized spacial score (nSPS) is 25.3. The number of rotatable bonds is 10. The third-order valence-corrected chi connectivity index (χ3v) is 15.6. The van der Waals surface area contributed by atoms with Crippen molar-refractivity contribution in [1.82, 2.24) is 19.6 Å². The van der Waals surface area contributed by atoms with Gasteiger partial charge < -0.3 is 29.8 Å². The number of thiazole rings is 1. The van der Waals surface area contributed by atoms with Crippen molar-refractivity contribution in [2.24, 2.45) is 5.92 Å². The molecule has 324 valence electrons. The second-order valence-electron chi connectivity index (χ2n) is 17.4. The fourth-order valence-electron chi connectivity index (χ4n) is 8.31. The predicted octanol–water partition coefficient (Wildman–Crippen LogP) is 4.95. The Morgan fingerprint density at radius 3 is 2.58 bits per heavy atom. The molecule has 62 heavy (non-hydrogen) atoms. The van der Waals surface area contributed by atoms with Crippen LogP contribution in [0.5, 0.6) is 11.6 Å². The van der Waals surface area contributed by atoms with Gasteiger partial charge in [0.15, 0.2) is 0 Å². The standard InChI is InChI=1S/C45H53FN6O7S2.Na/c1-26(2)36-25-60-41(49-36)35-22-33-27(3)38(58-5)17-16-32(33)40(48-35)59-31-21-37-39(53)50-45(43(55)51-61(56,57)44(4)18-19-44)23-28(45)12-9-7-6-8-10-15-34(42(54)52(37)24-31)47-30-14-11-13-29(46)20-30;/h9,11-14,16-17,20,22,25-26,28,31,34,37,47H,6-8,10,15,18-19,21,23-24H2,1-5H3,(H2,50,51,53,55);/q;+1/p-1/b12-9-;/t28-,31-,34+,37+,45-;/m1./s1. The number of benzene rings is 2. The third kappa shape index (κ3) is 9.26. The Bertz CT molecular complexity index is 2510. The van der Waals surface area contributed by atoms with Crippen molar-refractivity contribution in [3.63, 3.8) is 0 Å². The molecule has 2 saturated carbocycles. The number of aryl methyl sites for hydroxylation is 1. The zero-order valence-electron chi connectivity index (χ0n) is 36.1. The van der Waals surface area contributed by atoms with Gasteiger partial charge in [0.05, 0.1) is 36.0 Å². The van der Waals surface area contributed by atoms with Crippen molar-refractivity contribution in [2.75, 3.05) is 19.0 Å². The van der Waals surface area contributed by atoms with Crippen LogP contribution in [0.4, 0.5) is 10.1 Å². The van der Waals surface area contributed by atoms with Crippen LogP contribution in [0.15, 0.2) is 60.0 Å². The van der Waals surface area contributed by atoms with Gasteiger partial charge in [-0.25, -0.2) is 22.8 Å². The van der Waals surface area contributed by atoms with E-state index in [1.54, 1.807) is 26.2 Å². The number of nitrogens with one attached hydrogen (secondary N) is 2. The summed E-state index contributed by atoms with van der Waals surface area (Å²) in [4.78, 5) is 54.8. The van der Waals surface area contributed by atoms with E-state index in [1.807, 2.05) is 42.7 Å². The van der Waals surface area contributed by atoms with Crippen LogP contribution in [0.2, 0.25) is 0 Å². The number of nitrogens with zero attached hydrogens (tertiary/aromatic N) is 4. The summed E-state index contributed by atoms with van der Waals surface area (Å²) < 4.78 is 54.5. The van der Waals surface area contributed by atoms with E-state index in [0.717, 1.165) is 29.5 Å². The summed E-state index contributed by atoms with van der Waals surface area (Å²) in [5.41, 5.74) is 1.18. The number of sulfonamides is 1. The minimum absolute atomic E-state index is 0. The number of amides is 3. The molecule has 2 aliphatic heterocycles. The van der Waals surface area contributed by atoms with Crippen molar-refractivity contribution >= 4 is 55.5 Å². The monoisotopic (exact) mass is 894 g/mol. The van der Waals surface area contributed by atoms with Crippen LogP contribution in [0.25, 0.3) is 26.8 Å². The van der Waals surface area contributed by atoms with Crippen LogP contribution in [0.3, 0.4) is 0 Å². The van der Waals surface area contributed by atoms with Gasteiger partial charge >= 0.3 is 29.6 Å². The maximum Gasteiger partial charge on any atom is 1.00 e. The molecule has 2 N–H and O–H groups in total. The Balaban J connectivity index is 0.00000578. The number of anilines is 1. The van der Waals surface area contributed by atoms with Crippen LogP contribution < -0.4 is 49.1 Å². The van der Waals surface area contributed by atoms with E-state index in [0.29, 0.717) is 65.5 Å². The first-order chi connectivity index (χ1) is 29.1. The molecular formula is C45H52FN6NaO7S2. The van der Waals surface area contributed by atoms with Gasteiger partial charge in [-0.1, -0.05) is 44.9 Å². The fourth-order valence-corrected chi connectivity index (χ4v) is 10.6. The average molecular weight is 895 g/mol. The van der Waals surface area contributed by atoms with E-state index in [1.165, 1.54) is 28.4 Å². The maximum absolute atomic E-state index is 14.8. The van der Waals surface area contributed by atoms with Gasteiger partial charge in [0.25, 0.3) is 0 Å². The fraction of sp³-hybridized carbons (Fsp3) is 0.489. The van der Waals surface area contributed by atoms with E-state index in [2.05, 4.69) is 29.2 Å². The molecule has 0 spiro atoms. The zero-order chi connectivity index (χ0) is 43.3. The number of ether oxygens (including phenoxy) is 2. The largest absolute Gasteiger partial charge is 1.00 e. The van der Waals surface area contributed by atoms with Crippen LogP contribution in [0, 0.1) is 18.7 Å². The third-order valence-electron chi connectivity index (χ3n) is 12.6. The number of aromatic nitrogens is 2. The quantitative estimate of drug-likeness (QED) is 0.164. The number of carbonyl (C=O) groups excluding carboxylic acids is 3. The van der Waals surface area contributed by atoms with Crippen LogP contribution in [-0.4, -0.2) is 83.1 Å². The van der Waals surface area contributed by atoms with Crippen molar-refractivity contribution in [1.29, 1.82) is 0 Å². The Labute approximate surface area is 388 Å². The summed E-state index contributed by atoms with van der Waals surface area (Å²) in [6.07, 6.45) is 7.47. The van der Waals surface area contributed by atoms with Gasteiger partial charge in [0, 0.05) is 22.9 Å². The molecule has 17 heteroatoms. The molecule has 1 saturated heterocycles. The topological polar surface area (TPSA) is 171 Å². The number of hydrogen-bond acceptors (Lipinski definition) is 11. The van der Waals surface area contributed by atoms with E-state index in [4.69, 9.17) is 19.4 Å². The number of fused-ring (bicyclic) bond motifs is 3. The molecule has 0 bridgehead atoms. The zero-order valence-corrected chi connectivity index (χ0v) is 39.7.